The Morgan fingerprint density at radius 2 is 1.50 bits per heavy atom. The molecule has 28 heavy (non-hydrogen) atoms. The monoisotopic (exact) mass is 398 g/mol. The molecule has 0 aliphatic heterocycles. The number of hydrazine groups is 1. The number of nitrogens with one attached hydrogen (secondary N) is 1. The Kier molecular flexibility index (Phi) is 6.51. The lowest BCUT2D eigenvalue weighted by Gasteiger charge is -2.28. The second-order valence-corrected chi connectivity index (χ2v) is 7.62. The van der Waals surface area contributed by atoms with Gasteiger partial charge in [-0.15, -0.1) is 0 Å². The van der Waals surface area contributed by atoms with Crippen molar-refractivity contribution in [1.29, 1.82) is 0 Å². The number of ether oxygens (including phenoxy) is 2. The first-order chi connectivity index (χ1) is 12.6. The van der Waals surface area contributed by atoms with Crippen LogP contribution in [-0.2, 0) is 9.47 Å². The number of non-ortho nitro benzene ring substituents is 1. The molecule has 1 rings (SSSR count). The molecule has 1 aromatic rings. The number of nitro groups is 2. The first kappa shape index (κ1) is 22.6. The Labute approximate surface area is 160 Å². The summed E-state index contributed by atoms with van der Waals surface area (Å²) in [6.45, 7) is 9.42. The molecule has 12 heteroatoms. The molecule has 1 N–H and O–H groups in total. The summed E-state index contributed by atoms with van der Waals surface area (Å²) in [5.41, 5.74) is -1.59. The van der Waals surface area contributed by atoms with Crippen LogP contribution in [-0.4, -0.2) is 33.2 Å². The third-order valence-electron chi connectivity index (χ3n) is 2.79. The fourth-order valence-electron chi connectivity index (χ4n) is 1.86. The van der Waals surface area contributed by atoms with Crippen molar-refractivity contribution in [3.63, 3.8) is 0 Å². The zero-order valence-electron chi connectivity index (χ0n) is 16.3. The van der Waals surface area contributed by atoms with Crippen LogP contribution in [0.1, 0.15) is 41.5 Å². The molecule has 0 aliphatic rings. The molecule has 2 amide bonds. The van der Waals surface area contributed by atoms with Gasteiger partial charge in [0.05, 0.1) is 15.9 Å². The fraction of sp³-hybridized carbons (Fsp3) is 0.500. The van der Waals surface area contributed by atoms with Gasteiger partial charge in [-0.1, -0.05) is 0 Å². The predicted octanol–water partition coefficient (Wildman–Crippen LogP) is 3.68. The van der Waals surface area contributed by atoms with Crippen molar-refractivity contribution in [1.82, 2.24) is 5.43 Å². The van der Waals surface area contributed by atoms with Gasteiger partial charge in [0.2, 0.25) is 0 Å². The van der Waals surface area contributed by atoms with E-state index in [-0.39, 0.29) is 0 Å². The first-order valence-corrected chi connectivity index (χ1v) is 8.06. The summed E-state index contributed by atoms with van der Waals surface area (Å²) in [6.07, 6.45) is -2.22. The van der Waals surface area contributed by atoms with Gasteiger partial charge in [-0.3, -0.25) is 20.2 Å². The molecule has 1 aromatic carbocycles. The number of nitro benzene ring substituents is 2. The lowest BCUT2D eigenvalue weighted by atomic mass is 10.2. The number of hydrogen-bond donors (Lipinski definition) is 1. The summed E-state index contributed by atoms with van der Waals surface area (Å²) >= 11 is 0. The number of nitrogens with zero attached hydrogens (tertiary/aromatic N) is 3. The van der Waals surface area contributed by atoms with Crippen LogP contribution in [0.4, 0.5) is 26.7 Å². The highest BCUT2D eigenvalue weighted by Gasteiger charge is 2.33. The number of amides is 2. The lowest BCUT2D eigenvalue weighted by Crippen LogP contribution is -2.50. The summed E-state index contributed by atoms with van der Waals surface area (Å²) < 4.78 is 10.2. The van der Waals surface area contributed by atoms with Gasteiger partial charge in [-0.05, 0) is 47.6 Å². The van der Waals surface area contributed by atoms with Gasteiger partial charge >= 0.3 is 17.9 Å². The highest BCUT2D eigenvalue weighted by molar-refractivity contribution is 5.93. The van der Waals surface area contributed by atoms with Gasteiger partial charge in [-0.25, -0.2) is 15.0 Å². The molecule has 154 valence electrons. The molecule has 0 saturated carbocycles. The number of rotatable bonds is 3. The number of benzene rings is 1. The Morgan fingerprint density at radius 3 is 1.93 bits per heavy atom. The van der Waals surface area contributed by atoms with E-state index in [9.17, 15) is 29.8 Å². The van der Waals surface area contributed by atoms with Gasteiger partial charge in [0.25, 0.3) is 5.69 Å². The van der Waals surface area contributed by atoms with Gasteiger partial charge < -0.3 is 9.47 Å². The minimum atomic E-state index is -1.14. The summed E-state index contributed by atoms with van der Waals surface area (Å²) in [5.74, 6) is 0. The zero-order valence-corrected chi connectivity index (χ0v) is 16.3. The third-order valence-corrected chi connectivity index (χ3v) is 2.79. The van der Waals surface area contributed by atoms with E-state index >= 15 is 0 Å². The van der Waals surface area contributed by atoms with Crippen LogP contribution in [0.15, 0.2) is 18.2 Å². The van der Waals surface area contributed by atoms with Crippen LogP contribution >= 0.6 is 0 Å². The van der Waals surface area contributed by atoms with Crippen LogP contribution in [0.3, 0.4) is 0 Å². The standard InChI is InChI=1S/C16H22N4O8/c1-15(2,3)27-13(21)17-18(14(22)28-16(4,5)6)11-8-7-10(19(23)24)9-12(11)20(25)26/h7-9H,1-6H3,(H,17,21). The summed E-state index contributed by atoms with van der Waals surface area (Å²) in [5, 5.41) is 22.8. The van der Waals surface area contributed by atoms with Crippen molar-refractivity contribution >= 4 is 29.2 Å². The summed E-state index contributed by atoms with van der Waals surface area (Å²) in [7, 11) is 0. The molecule has 0 aromatic heterocycles. The van der Waals surface area contributed by atoms with E-state index in [1.807, 2.05) is 0 Å². The topological polar surface area (TPSA) is 154 Å². The number of carbonyl (C=O) groups is 2. The SMILES string of the molecule is CC(C)(C)OC(=O)NN(C(=O)OC(C)(C)C)c1ccc([N+](=O)[O-])cc1[N+](=O)[O-]. The van der Waals surface area contributed by atoms with Gasteiger partial charge in [-0.2, -0.15) is 5.01 Å². The van der Waals surface area contributed by atoms with E-state index in [4.69, 9.17) is 9.47 Å². The molecule has 0 atom stereocenters. The van der Waals surface area contributed by atoms with Gasteiger partial charge in [0, 0.05) is 6.07 Å². The van der Waals surface area contributed by atoms with E-state index in [0.717, 1.165) is 12.1 Å². The molecule has 0 unspecified atom stereocenters. The van der Waals surface area contributed by atoms with Crippen LogP contribution in [0.5, 0.6) is 0 Å². The molecular weight excluding hydrogens is 376 g/mol. The first-order valence-electron chi connectivity index (χ1n) is 8.06. The van der Waals surface area contributed by atoms with Crippen molar-refractivity contribution in [3.05, 3.63) is 38.4 Å². The summed E-state index contributed by atoms with van der Waals surface area (Å²) in [4.78, 5) is 45.2. The molecule has 0 fully saturated rings. The average Bonchev–Trinajstić information content (AvgIpc) is 2.48. The minimum Gasteiger partial charge on any atom is -0.443 e. The Balaban J connectivity index is 3.42. The number of hydrogen-bond acceptors (Lipinski definition) is 8. The predicted molar refractivity (Wildman–Crippen MR) is 97.8 cm³/mol. The molecule has 0 spiro atoms. The van der Waals surface area contributed by atoms with Crippen molar-refractivity contribution in [3.8, 4) is 0 Å². The van der Waals surface area contributed by atoms with Crippen LogP contribution < -0.4 is 10.4 Å². The quantitative estimate of drug-likeness (QED) is 0.597. The van der Waals surface area contributed by atoms with Gasteiger partial charge in [0.1, 0.15) is 16.9 Å². The van der Waals surface area contributed by atoms with Crippen LogP contribution in [0, 0.1) is 20.2 Å². The molecule has 0 saturated heterocycles. The smallest absolute Gasteiger partial charge is 0.434 e. The normalized spacial score (nSPS) is 11.4. The maximum Gasteiger partial charge on any atom is 0.434 e. The van der Waals surface area contributed by atoms with Gasteiger partial charge in [0.15, 0.2) is 0 Å². The van der Waals surface area contributed by atoms with Crippen molar-refractivity contribution in [2.75, 3.05) is 5.01 Å². The van der Waals surface area contributed by atoms with Crippen LogP contribution in [0.25, 0.3) is 0 Å². The highest BCUT2D eigenvalue weighted by Crippen LogP contribution is 2.32. The van der Waals surface area contributed by atoms with E-state index < -0.39 is 50.3 Å². The second kappa shape index (κ2) is 8.06. The molecular formula is C16H22N4O8. The van der Waals surface area contributed by atoms with Crippen molar-refractivity contribution in [2.24, 2.45) is 0 Å². The third kappa shape index (κ3) is 6.70. The van der Waals surface area contributed by atoms with Crippen molar-refractivity contribution in [2.45, 2.75) is 52.7 Å². The molecule has 12 nitrogen and oxygen atoms in total. The van der Waals surface area contributed by atoms with Crippen LogP contribution in [0.2, 0.25) is 0 Å². The van der Waals surface area contributed by atoms with E-state index in [1.54, 1.807) is 41.5 Å². The lowest BCUT2D eigenvalue weighted by molar-refractivity contribution is -0.393. The number of carbonyl (C=O) groups excluding carboxylic acids is 2. The largest absolute Gasteiger partial charge is 0.443 e. The Hall–Kier alpha value is -3.44. The Bertz CT molecular complexity index is 795. The second-order valence-electron chi connectivity index (χ2n) is 7.62. The van der Waals surface area contributed by atoms with E-state index in [2.05, 4.69) is 5.43 Å². The number of anilines is 1. The molecule has 0 bridgehead atoms. The van der Waals surface area contributed by atoms with E-state index in [0.29, 0.717) is 11.1 Å². The molecule has 0 heterocycles. The average molecular weight is 398 g/mol. The molecule has 0 radical (unpaired) electrons. The van der Waals surface area contributed by atoms with Crippen molar-refractivity contribution < 1.29 is 28.9 Å². The summed E-state index contributed by atoms with van der Waals surface area (Å²) in [6, 6.07) is 2.58. The maximum atomic E-state index is 12.5. The molecule has 0 aliphatic carbocycles. The Morgan fingerprint density at radius 1 is 0.964 bits per heavy atom. The fourth-order valence-corrected chi connectivity index (χ4v) is 1.86. The zero-order chi connectivity index (χ0) is 21.9. The maximum absolute atomic E-state index is 12.5. The van der Waals surface area contributed by atoms with E-state index in [1.165, 1.54) is 0 Å². The highest BCUT2D eigenvalue weighted by atomic mass is 16.6. The minimum absolute atomic E-state index is 0.435.